The van der Waals surface area contributed by atoms with Crippen molar-refractivity contribution in [3.05, 3.63) is 52.2 Å². The van der Waals surface area contributed by atoms with Crippen LogP contribution in [0.25, 0.3) is 0 Å². The van der Waals surface area contributed by atoms with Gasteiger partial charge in [-0.2, -0.15) is 11.3 Å². The Balaban J connectivity index is 1.92. The van der Waals surface area contributed by atoms with Crippen LogP contribution in [0.5, 0.6) is 0 Å². The van der Waals surface area contributed by atoms with Crippen molar-refractivity contribution in [2.75, 3.05) is 12.3 Å². The fraction of sp³-hybridized carbons (Fsp3) is 0.231. The minimum atomic E-state index is -3.48. The van der Waals surface area contributed by atoms with Crippen molar-refractivity contribution in [1.82, 2.24) is 4.72 Å². The minimum absolute atomic E-state index is 0.0337. The predicted octanol–water partition coefficient (Wildman–Crippen LogP) is 1.48. The van der Waals surface area contributed by atoms with Crippen molar-refractivity contribution in [1.29, 1.82) is 0 Å². The second kappa shape index (κ2) is 6.36. The first-order valence-electron chi connectivity index (χ1n) is 5.98. The molecule has 0 saturated heterocycles. The van der Waals surface area contributed by atoms with E-state index in [0.29, 0.717) is 16.8 Å². The summed E-state index contributed by atoms with van der Waals surface area (Å²) in [6, 6.07) is 8.42. The topological polar surface area (TPSA) is 92.4 Å². The highest BCUT2D eigenvalue weighted by Crippen LogP contribution is 2.16. The van der Waals surface area contributed by atoms with Gasteiger partial charge in [0.15, 0.2) is 0 Å². The molecule has 2 aromatic rings. The summed E-state index contributed by atoms with van der Waals surface area (Å²) in [7, 11) is -3.48. The summed E-state index contributed by atoms with van der Waals surface area (Å²) in [5.74, 6) is -0.135. The van der Waals surface area contributed by atoms with E-state index in [9.17, 15) is 13.5 Å². The summed E-state index contributed by atoms with van der Waals surface area (Å²) < 4.78 is 26.2. The third kappa shape index (κ3) is 4.31. The summed E-state index contributed by atoms with van der Waals surface area (Å²) in [5.41, 5.74) is 7.50. The Morgan fingerprint density at radius 1 is 1.25 bits per heavy atom. The number of hydrogen-bond acceptors (Lipinski definition) is 5. The fourth-order valence-corrected chi connectivity index (χ4v) is 3.52. The molecule has 0 spiro atoms. The summed E-state index contributed by atoms with van der Waals surface area (Å²) in [6.07, 6.45) is -0.831. The number of aliphatic hydroxyl groups is 1. The fourth-order valence-electron chi connectivity index (χ4n) is 1.67. The van der Waals surface area contributed by atoms with Crippen LogP contribution in [0.4, 0.5) is 5.69 Å². The highest BCUT2D eigenvalue weighted by molar-refractivity contribution is 7.88. The number of nitrogens with two attached hydrogens (primary N) is 1. The lowest BCUT2D eigenvalue weighted by Gasteiger charge is -2.11. The van der Waals surface area contributed by atoms with Gasteiger partial charge in [0.05, 0.1) is 11.9 Å². The molecule has 0 saturated carbocycles. The van der Waals surface area contributed by atoms with E-state index in [1.807, 2.05) is 5.38 Å². The Bertz CT molecular complexity index is 637. The quantitative estimate of drug-likeness (QED) is 0.705. The highest BCUT2D eigenvalue weighted by Gasteiger charge is 2.15. The molecule has 0 aliphatic rings. The van der Waals surface area contributed by atoms with Gasteiger partial charge >= 0.3 is 0 Å². The zero-order valence-corrected chi connectivity index (χ0v) is 12.3. The average molecular weight is 312 g/mol. The van der Waals surface area contributed by atoms with Gasteiger partial charge in [0, 0.05) is 12.2 Å². The maximum Gasteiger partial charge on any atom is 0.215 e. The van der Waals surface area contributed by atoms with Crippen LogP contribution in [0.3, 0.4) is 0 Å². The molecule has 1 aromatic heterocycles. The maximum atomic E-state index is 11.9. The summed E-state index contributed by atoms with van der Waals surface area (Å²) in [5, 5.41) is 13.5. The van der Waals surface area contributed by atoms with Crippen molar-refractivity contribution in [2.45, 2.75) is 11.9 Å². The van der Waals surface area contributed by atoms with Crippen LogP contribution in [0.1, 0.15) is 17.2 Å². The van der Waals surface area contributed by atoms with Gasteiger partial charge in [0.1, 0.15) is 0 Å². The average Bonchev–Trinajstić information content (AvgIpc) is 2.93. The van der Waals surface area contributed by atoms with Gasteiger partial charge in [0.2, 0.25) is 10.0 Å². The number of aliphatic hydroxyl groups excluding tert-OH is 1. The van der Waals surface area contributed by atoms with Gasteiger partial charge in [-0.15, -0.1) is 0 Å². The zero-order valence-electron chi connectivity index (χ0n) is 10.7. The number of hydrogen-bond donors (Lipinski definition) is 3. The van der Waals surface area contributed by atoms with Crippen LogP contribution in [0.2, 0.25) is 0 Å². The molecule has 20 heavy (non-hydrogen) atoms. The molecule has 2 rings (SSSR count). The first-order valence-corrected chi connectivity index (χ1v) is 8.58. The highest BCUT2D eigenvalue weighted by atomic mass is 32.2. The third-order valence-electron chi connectivity index (χ3n) is 2.76. The Labute approximate surface area is 122 Å². The van der Waals surface area contributed by atoms with Gasteiger partial charge in [-0.3, -0.25) is 0 Å². The van der Waals surface area contributed by atoms with E-state index < -0.39 is 16.1 Å². The van der Waals surface area contributed by atoms with E-state index in [1.165, 1.54) is 11.3 Å². The lowest BCUT2D eigenvalue weighted by Crippen LogP contribution is -2.29. The van der Waals surface area contributed by atoms with Crippen LogP contribution in [0.15, 0.2) is 41.1 Å². The number of thiophene rings is 1. The van der Waals surface area contributed by atoms with Gasteiger partial charge in [-0.25, -0.2) is 13.1 Å². The molecule has 108 valence electrons. The van der Waals surface area contributed by atoms with Crippen molar-refractivity contribution in [3.63, 3.8) is 0 Å². The largest absolute Gasteiger partial charge is 0.399 e. The van der Waals surface area contributed by atoms with Crippen LogP contribution >= 0.6 is 11.3 Å². The Kier molecular flexibility index (Phi) is 4.77. The van der Waals surface area contributed by atoms with Gasteiger partial charge in [-0.1, -0.05) is 12.1 Å². The molecular formula is C13H16N2O3S2. The van der Waals surface area contributed by atoms with E-state index in [0.717, 1.165) is 0 Å². The molecule has 5 nitrogen and oxygen atoms in total. The number of anilines is 1. The maximum absolute atomic E-state index is 11.9. The monoisotopic (exact) mass is 312 g/mol. The number of sulfonamides is 1. The molecule has 1 heterocycles. The Morgan fingerprint density at radius 3 is 2.55 bits per heavy atom. The Morgan fingerprint density at radius 2 is 1.95 bits per heavy atom. The summed E-state index contributed by atoms with van der Waals surface area (Å²) in [6.45, 7) is -0.0337. The number of rotatable bonds is 6. The predicted molar refractivity (Wildman–Crippen MR) is 80.8 cm³/mol. The second-order valence-corrected chi connectivity index (χ2v) is 7.01. The van der Waals surface area contributed by atoms with E-state index >= 15 is 0 Å². The van der Waals surface area contributed by atoms with Crippen LogP contribution < -0.4 is 10.5 Å². The standard InChI is InChI=1S/C13H16N2O3S2/c14-12-3-1-10(2-4-12)9-20(17,18)15-7-13(16)11-5-6-19-8-11/h1-6,8,13,15-16H,7,9,14H2. The zero-order chi connectivity index (χ0) is 14.6. The molecule has 1 aromatic carbocycles. The molecule has 1 unspecified atom stereocenters. The van der Waals surface area contributed by atoms with E-state index in [2.05, 4.69) is 4.72 Å². The molecule has 0 fully saturated rings. The van der Waals surface area contributed by atoms with E-state index in [1.54, 1.807) is 35.7 Å². The summed E-state index contributed by atoms with van der Waals surface area (Å²) in [4.78, 5) is 0. The molecule has 0 radical (unpaired) electrons. The minimum Gasteiger partial charge on any atom is -0.399 e. The number of nitrogens with one attached hydrogen (secondary N) is 1. The number of nitrogen functional groups attached to an aromatic ring is 1. The van der Waals surface area contributed by atoms with E-state index in [-0.39, 0.29) is 12.3 Å². The van der Waals surface area contributed by atoms with Gasteiger partial charge in [0.25, 0.3) is 0 Å². The molecule has 4 N–H and O–H groups in total. The molecule has 0 amide bonds. The third-order valence-corrected chi connectivity index (χ3v) is 4.78. The van der Waals surface area contributed by atoms with Crippen molar-refractivity contribution < 1.29 is 13.5 Å². The lowest BCUT2D eigenvalue weighted by molar-refractivity contribution is 0.182. The van der Waals surface area contributed by atoms with Crippen molar-refractivity contribution >= 4 is 27.0 Å². The second-order valence-electron chi connectivity index (χ2n) is 4.42. The Hall–Kier alpha value is -1.41. The molecule has 1 atom stereocenters. The smallest absolute Gasteiger partial charge is 0.215 e. The lowest BCUT2D eigenvalue weighted by atomic mass is 10.2. The molecule has 0 bridgehead atoms. The first kappa shape index (κ1) is 15.0. The van der Waals surface area contributed by atoms with Gasteiger partial charge < -0.3 is 10.8 Å². The van der Waals surface area contributed by atoms with Gasteiger partial charge in [-0.05, 0) is 40.1 Å². The SMILES string of the molecule is Nc1ccc(CS(=O)(=O)NCC(O)c2ccsc2)cc1. The van der Waals surface area contributed by atoms with Crippen molar-refractivity contribution in [3.8, 4) is 0 Å². The molecule has 7 heteroatoms. The van der Waals surface area contributed by atoms with E-state index in [4.69, 9.17) is 5.73 Å². The molecular weight excluding hydrogens is 296 g/mol. The molecule has 0 aliphatic carbocycles. The van der Waals surface area contributed by atoms with Crippen LogP contribution in [0, 0.1) is 0 Å². The van der Waals surface area contributed by atoms with Crippen molar-refractivity contribution in [2.24, 2.45) is 0 Å². The molecule has 0 aliphatic heterocycles. The van der Waals surface area contributed by atoms with Crippen LogP contribution in [-0.2, 0) is 15.8 Å². The number of benzene rings is 1. The first-order chi connectivity index (χ1) is 9.46. The normalized spacial score (nSPS) is 13.2. The van der Waals surface area contributed by atoms with Crippen LogP contribution in [-0.4, -0.2) is 20.1 Å². The summed E-state index contributed by atoms with van der Waals surface area (Å²) >= 11 is 1.46.